The number of aryl methyl sites for hydroxylation is 1. The first-order valence-electron chi connectivity index (χ1n) is 9.03. The van der Waals surface area contributed by atoms with Crippen molar-refractivity contribution in [2.45, 2.75) is 19.9 Å². The van der Waals surface area contributed by atoms with Crippen LogP contribution in [0.5, 0.6) is 0 Å². The normalized spacial score (nSPS) is 15.5. The van der Waals surface area contributed by atoms with Gasteiger partial charge in [0.1, 0.15) is 0 Å². The summed E-state index contributed by atoms with van der Waals surface area (Å²) in [7, 11) is 0. The van der Waals surface area contributed by atoms with Crippen molar-refractivity contribution < 1.29 is 14.3 Å². The molecule has 6 nitrogen and oxygen atoms in total. The monoisotopic (exact) mass is 429 g/mol. The van der Waals surface area contributed by atoms with Crippen LogP contribution in [0.4, 0.5) is 5.69 Å². The number of nitrogens with zero attached hydrogens (tertiary/aromatic N) is 2. The minimum atomic E-state index is -0.463. The van der Waals surface area contributed by atoms with E-state index in [2.05, 4.69) is 10.2 Å². The maximum atomic E-state index is 13.2. The lowest BCUT2D eigenvalue weighted by molar-refractivity contribution is 0.0526. The van der Waals surface area contributed by atoms with Crippen LogP contribution in [0.3, 0.4) is 0 Å². The Bertz CT molecular complexity index is 1110. The molecule has 1 unspecified atom stereocenters. The van der Waals surface area contributed by atoms with Crippen molar-refractivity contribution in [2.75, 3.05) is 11.5 Å². The summed E-state index contributed by atoms with van der Waals surface area (Å²) < 4.78 is 5.02. The quantitative estimate of drug-likeness (QED) is 0.595. The zero-order valence-corrected chi connectivity index (χ0v) is 17.2. The minimum Gasteiger partial charge on any atom is -0.462 e. The standard InChI is InChI=1S/C21H17Cl2N3O3/c1-3-29-21(28)12-4-7-14(8-5-12)26-19(15-9-6-13(22)10-16(15)23)17-11(2)24-25-18(17)20(26)27/h4-10,19H,3H2,1-2H3,(H,24,25). The van der Waals surface area contributed by atoms with Crippen molar-refractivity contribution in [3.63, 3.8) is 0 Å². The molecule has 29 heavy (non-hydrogen) atoms. The fourth-order valence-electron chi connectivity index (χ4n) is 3.55. The van der Waals surface area contributed by atoms with Crippen LogP contribution in [-0.4, -0.2) is 28.7 Å². The minimum absolute atomic E-state index is 0.246. The van der Waals surface area contributed by atoms with Crippen molar-refractivity contribution in [3.05, 3.63) is 80.6 Å². The van der Waals surface area contributed by atoms with Crippen molar-refractivity contribution in [1.29, 1.82) is 0 Å². The smallest absolute Gasteiger partial charge is 0.338 e. The maximum absolute atomic E-state index is 13.2. The number of hydrogen-bond donors (Lipinski definition) is 1. The largest absolute Gasteiger partial charge is 0.462 e. The molecule has 0 fully saturated rings. The summed E-state index contributed by atoms with van der Waals surface area (Å²) in [5.74, 6) is -0.655. The Labute approximate surface area is 177 Å². The highest BCUT2D eigenvalue weighted by Crippen LogP contribution is 2.44. The van der Waals surface area contributed by atoms with Crippen molar-refractivity contribution in [2.24, 2.45) is 0 Å². The van der Waals surface area contributed by atoms with E-state index in [4.69, 9.17) is 27.9 Å². The number of aromatic nitrogens is 2. The SMILES string of the molecule is CCOC(=O)c1ccc(N2C(=O)c3n[nH]c(C)c3C2c2ccc(Cl)cc2Cl)cc1. The lowest BCUT2D eigenvalue weighted by atomic mass is 9.98. The number of aromatic amines is 1. The van der Waals surface area contributed by atoms with Gasteiger partial charge < -0.3 is 4.74 Å². The van der Waals surface area contributed by atoms with Crippen LogP contribution in [0.2, 0.25) is 10.0 Å². The molecule has 8 heteroatoms. The molecule has 0 saturated carbocycles. The lowest BCUT2D eigenvalue weighted by Crippen LogP contribution is -2.29. The van der Waals surface area contributed by atoms with Crippen LogP contribution in [0.15, 0.2) is 42.5 Å². The van der Waals surface area contributed by atoms with Gasteiger partial charge in [-0.25, -0.2) is 4.79 Å². The van der Waals surface area contributed by atoms with Crippen molar-refractivity contribution >= 4 is 40.8 Å². The highest BCUT2D eigenvalue weighted by Gasteiger charge is 2.43. The number of fused-ring (bicyclic) bond motifs is 1. The van der Waals surface area contributed by atoms with E-state index < -0.39 is 12.0 Å². The van der Waals surface area contributed by atoms with Gasteiger partial charge in [-0.1, -0.05) is 29.3 Å². The number of hydrogen-bond acceptors (Lipinski definition) is 4. The Morgan fingerprint density at radius 1 is 1.21 bits per heavy atom. The second kappa shape index (κ2) is 7.54. The molecule has 0 aliphatic carbocycles. The Kier molecular flexibility index (Phi) is 5.06. The van der Waals surface area contributed by atoms with E-state index in [-0.39, 0.29) is 5.91 Å². The van der Waals surface area contributed by atoms with Gasteiger partial charge in [0.25, 0.3) is 5.91 Å². The van der Waals surface area contributed by atoms with E-state index in [1.165, 1.54) is 0 Å². The molecule has 1 aliphatic heterocycles. The zero-order chi connectivity index (χ0) is 20.7. The van der Waals surface area contributed by atoms with Gasteiger partial charge in [-0.3, -0.25) is 14.8 Å². The van der Waals surface area contributed by atoms with Gasteiger partial charge in [-0.05, 0) is 55.8 Å². The Morgan fingerprint density at radius 2 is 1.93 bits per heavy atom. The second-order valence-corrected chi connectivity index (χ2v) is 7.47. The van der Waals surface area contributed by atoms with E-state index in [0.717, 1.165) is 16.8 Å². The fraction of sp³-hybridized carbons (Fsp3) is 0.190. The van der Waals surface area contributed by atoms with E-state index in [0.29, 0.717) is 33.6 Å². The molecule has 1 aromatic heterocycles. The molecule has 0 saturated heterocycles. The Hall–Kier alpha value is -2.83. The maximum Gasteiger partial charge on any atom is 0.338 e. The average molecular weight is 430 g/mol. The molecule has 1 N–H and O–H groups in total. The van der Waals surface area contributed by atoms with Gasteiger partial charge in [-0.15, -0.1) is 0 Å². The van der Waals surface area contributed by atoms with Crippen LogP contribution in [-0.2, 0) is 4.74 Å². The first-order valence-corrected chi connectivity index (χ1v) is 9.78. The number of halogens is 2. The number of rotatable bonds is 4. The number of anilines is 1. The molecule has 3 aromatic rings. The first kappa shape index (κ1) is 19.5. The third-order valence-electron chi connectivity index (χ3n) is 4.86. The highest BCUT2D eigenvalue weighted by atomic mass is 35.5. The Morgan fingerprint density at radius 3 is 2.59 bits per heavy atom. The summed E-state index contributed by atoms with van der Waals surface area (Å²) in [4.78, 5) is 26.7. The third-order valence-corrected chi connectivity index (χ3v) is 5.42. The molecule has 0 radical (unpaired) electrons. The molecule has 2 heterocycles. The van der Waals surface area contributed by atoms with Gasteiger partial charge in [0.05, 0.1) is 18.2 Å². The number of amides is 1. The number of esters is 1. The van der Waals surface area contributed by atoms with E-state index >= 15 is 0 Å². The lowest BCUT2D eigenvalue weighted by Gasteiger charge is -2.27. The van der Waals surface area contributed by atoms with Crippen LogP contribution in [0.25, 0.3) is 0 Å². The van der Waals surface area contributed by atoms with Crippen LogP contribution in [0.1, 0.15) is 50.6 Å². The van der Waals surface area contributed by atoms with Crippen molar-refractivity contribution in [3.8, 4) is 0 Å². The van der Waals surface area contributed by atoms with Crippen LogP contribution in [0, 0.1) is 6.92 Å². The van der Waals surface area contributed by atoms with Crippen molar-refractivity contribution in [1.82, 2.24) is 10.2 Å². The van der Waals surface area contributed by atoms with Crippen LogP contribution < -0.4 is 4.90 Å². The number of nitrogens with one attached hydrogen (secondary N) is 1. The molecule has 1 aliphatic rings. The molecule has 148 valence electrons. The van der Waals surface area contributed by atoms with Gasteiger partial charge in [0.15, 0.2) is 5.69 Å². The molecular weight excluding hydrogens is 413 g/mol. The molecule has 0 spiro atoms. The van der Waals surface area contributed by atoms with E-state index in [9.17, 15) is 9.59 Å². The molecule has 1 atom stereocenters. The number of benzene rings is 2. The summed E-state index contributed by atoms with van der Waals surface area (Å²) in [6.45, 7) is 3.91. The van der Waals surface area contributed by atoms with Gasteiger partial charge in [0, 0.05) is 27.0 Å². The second-order valence-electron chi connectivity index (χ2n) is 6.62. The number of ether oxygens (including phenoxy) is 1. The topological polar surface area (TPSA) is 75.3 Å². The molecule has 4 rings (SSSR count). The van der Waals surface area contributed by atoms with E-state index in [1.54, 1.807) is 48.2 Å². The summed E-state index contributed by atoms with van der Waals surface area (Å²) in [6, 6.07) is 11.4. The summed E-state index contributed by atoms with van der Waals surface area (Å²) in [5, 5.41) is 8.04. The van der Waals surface area contributed by atoms with Gasteiger partial charge in [-0.2, -0.15) is 5.10 Å². The fourth-order valence-corrected chi connectivity index (χ4v) is 4.06. The first-order chi connectivity index (χ1) is 13.9. The number of carbonyl (C=O) groups is 2. The van der Waals surface area contributed by atoms with E-state index in [1.807, 2.05) is 13.0 Å². The predicted molar refractivity (Wildman–Crippen MR) is 111 cm³/mol. The van der Waals surface area contributed by atoms with Gasteiger partial charge in [0.2, 0.25) is 0 Å². The zero-order valence-electron chi connectivity index (χ0n) is 15.7. The molecule has 0 bridgehead atoms. The molecular formula is C21H17Cl2N3O3. The summed E-state index contributed by atoms with van der Waals surface area (Å²) in [6.07, 6.45) is 0. The highest BCUT2D eigenvalue weighted by molar-refractivity contribution is 6.35. The summed E-state index contributed by atoms with van der Waals surface area (Å²) in [5.41, 5.74) is 3.69. The summed E-state index contributed by atoms with van der Waals surface area (Å²) >= 11 is 12.5. The molecule has 1 amide bonds. The van der Waals surface area contributed by atoms with Crippen LogP contribution >= 0.6 is 23.2 Å². The predicted octanol–water partition coefficient (Wildman–Crippen LogP) is 4.95. The third kappa shape index (κ3) is 3.28. The van der Waals surface area contributed by atoms with Gasteiger partial charge >= 0.3 is 5.97 Å². The Balaban J connectivity index is 1.81. The number of H-pyrrole nitrogens is 1. The molecule has 2 aromatic carbocycles. The number of carbonyl (C=O) groups excluding carboxylic acids is 2. The average Bonchev–Trinajstić information content (AvgIpc) is 3.21.